The van der Waals surface area contributed by atoms with Crippen LogP contribution in [0.15, 0.2) is 54.9 Å². The summed E-state index contributed by atoms with van der Waals surface area (Å²) in [5.74, 6) is 0.404. The normalized spacial score (nSPS) is 11.7. The lowest BCUT2D eigenvalue weighted by Crippen LogP contribution is -2.37. The molecule has 2 aromatic carbocycles. The summed E-state index contributed by atoms with van der Waals surface area (Å²) in [6.45, 7) is 3.05. The Kier molecular flexibility index (Phi) is 5.49. The number of hydrogen-bond donors (Lipinski definition) is 1. The zero-order chi connectivity index (χ0) is 18.4. The summed E-state index contributed by atoms with van der Waals surface area (Å²) >= 11 is 0. The van der Waals surface area contributed by atoms with Gasteiger partial charge in [0.25, 0.3) is 5.91 Å². The van der Waals surface area contributed by atoms with Gasteiger partial charge in [0.15, 0.2) is 6.10 Å². The van der Waals surface area contributed by atoms with Crippen LogP contribution in [0.5, 0.6) is 5.75 Å². The van der Waals surface area contributed by atoms with Crippen molar-refractivity contribution in [2.24, 2.45) is 0 Å². The van der Waals surface area contributed by atoms with Gasteiger partial charge in [-0.3, -0.25) is 4.79 Å². The highest BCUT2D eigenvalue weighted by atomic mass is 16.5. The zero-order valence-electron chi connectivity index (χ0n) is 14.6. The molecule has 6 heteroatoms. The lowest BCUT2D eigenvalue weighted by atomic mass is 10.2. The lowest BCUT2D eigenvalue weighted by Gasteiger charge is -2.15. The summed E-state index contributed by atoms with van der Waals surface area (Å²) in [4.78, 5) is 16.5. The molecule has 1 amide bonds. The van der Waals surface area contributed by atoms with Gasteiger partial charge in [0.1, 0.15) is 5.75 Å². The Morgan fingerprint density at radius 2 is 2.04 bits per heavy atom. The number of fused-ring (bicyclic) bond motifs is 1. The number of carbonyl (C=O) groups is 1. The highest BCUT2D eigenvalue weighted by Gasteiger charge is 2.14. The fourth-order valence-corrected chi connectivity index (χ4v) is 2.66. The molecular formula is C20H20N4O2. The third-order valence-electron chi connectivity index (χ3n) is 4.07. The first-order chi connectivity index (χ1) is 12.7. The molecule has 0 fully saturated rings. The van der Waals surface area contributed by atoms with Crippen molar-refractivity contribution in [2.45, 2.75) is 26.0 Å². The molecule has 0 aliphatic heterocycles. The number of benzene rings is 2. The number of aryl methyl sites for hydroxylation is 1. The summed E-state index contributed by atoms with van der Waals surface area (Å²) in [7, 11) is 0. The lowest BCUT2D eigenvalue weighted by molar-refractivity contribution is -0.127. The number of carbonyl (C=O) groups excluding carboxylic acids is 1. The van der Waals surface area contributed by atoms with Crippen LogP contribution < -0.4 is 10.1 Å². The molecule has 0 radical (unpaired) electrons. The maximum absolute atomic E-state index is 12.1. The fraction of sp³-hybridized carbons (Fsp3) is 0.250. The quantitative estimate of drug-likeness (QED) is 0.666. The van der Waals surface area contributed by atoms with Gasteiger partial charge >= 0.3 is 0 Å². The van der Waals surface area contributed by atoms with Gasteiger partial charge in [0.2, 0.25) is 0 Å². The Hall–Kier alpha value is -3.33. The van der Waals surface area contributed by atoms with E-state index in [2.05, 4.69) is 14.9 Å². The number of imidazole rings is 1. The number of amides is 1. The molecule has 6 nitrogen and oxygen atoms in total. The highest BCUT2D eigenvalue weighted by Crippen LogP contribution is 2.14. The number of ether oxygens (including phenoxy) is 1. The Balaban J connectivity index is 1.44. The summed E-state index contributed by atoms with van der Waals surface area (Å²) in [5.41, 5.74) is 2.62. The first kappa shape index (κ1) is 17.5. The molecule has 0 saturated carbocycles. The number of para-hydroxylation sites is 2. The molecule has 0 bridgehead atoms. The smallest absolute Gasteiger partial charge is 0.260 e. The summed E-state index contributed by atoms with van der Waals surface area (Å²) in [5, 5.41) is 11.7. The van der Waals surface area contributed by atoms with Gasteiger partial charge in [-0.1, -0.05) is 12.1 Å². The summed E-state index contributed by atoms with van der Waals surface area (Å²) < 4.78 is 7.68. The zero-order valence-corrected chi connectivity index (χ0v) is 14.6. The van der Waals surface area contributed by atoms with Crippen molar-refractivity contribution in [1.29, 1.82) is 5.26 Å². The maximum atomic E-state index is 12.1. The number of rotatable bonds is 7. The van der Waals surface area contributed by atoms with E-state index >= 15 is 0 Å². The van der Waals surface area contributed by atoms with E-state index in [9.17, 15) is 4.79 Å². The van der Waals surface area contributed by atoms with Crippen molar-refractivity contribution in [3.05, 3.63) is 60.4 Å². The molecule has 1 unspecified atom stereocenters. The summed E-state index contributed by atoms with van der Waals surface area (Å²) in [6.07, 6.45) is 2.02. The van der Waals surface area contributed by atoms with Crippen LogP contribution in [0.2, 0.25) is 0 Å². The monoisotopic (exact) mass is 348 g/mol. The minimum atomic E-state index is -0.600. The third kappa shape index (κ3) is 4.19. The minimum absolute atomic E-state index is 0.162. The topological polar surface area (TPSA) is 79.9 Å². The predicted octanol–water partition coefficient (Wildman–Crippen LogP) is 2.88. The van der Waals surface area contributed by atoms with E-state index in [1.807, 2.05) is 36.7 Å². The van der Waals surface area contributed by atoms with Crippen molar-refractivity contribution in [1.82, 2.24) is 14.9 Å². The number of nitriles is 1. The van der Waals surface area contributed by atoms with E-state index in [1.54, 1.807) is 31.2 Å². The Bertz CT molecular complexity index is 925. The highest BCUT2D eigenvalue weighted by molar-refractivity contribution is 5.80. The third-order valence-corrected chi connectivity index (χ3v) is 4.07. The van der Waals surface area contributed by atoms with E-state index in [0.29, 0.717) is 17.9 Å². The second kappa shape index (κ2) is 8.17. The largest absolute Gasteiger partial charge is 0.481 e. The number of nitrogens with zero attached hydrogens (tertiary/aromatic N) is 3. The predicted molar refractivity (Wildman–Crippen MR) is 98.6 cm³/mol. The standard InChI is InChI=1S/C20H20N4O2/c1-15(26-17-9-7-16(13-21)8-10-17)20(25)22-11-4-12-24-14-23-18-5-2-3-6-19(18)24/h2-3,5-10,14-15H,4,11-12H2,1H3,(H,22,25). The van der Waals surface area contributed by atoms with Crippen LogP contribution >= 0.6 is 0 Å². The van der Waals surface area contributed by atoms with Crippen molar-refractivity contribution in [3.8, 4) is 11.8 Å². The van der Waals surface area contributed by atoms with E-state index in [4.69, 9.17) is 10.00 Å². The maximum Gasteiger partial charge on any atom is 0.260 e. The molecule has 1 aromatic heterocycles. The molecule has 0 spiro atoms. The molecule has 1 N–H and O–H groups in total. The number of aromatic nitrogens is 2. The molecule has 1 heterocycles. The van der Waals surface area contributed by atoms with Crippen LogP contribution in [-0.4, -0.2) is 28.1 Å². The molecule has 0 aliphatic carbocycles. The molecule has 1 atom stereocenters. The molecular weight excluding hydrogens is 328 g/mol. The average Bonchev–Trinajstić information content (AvgIpc) is 3.09. The molecule has 0 saturated heterocycles. The molecule has 0 aliphatic rings. The van der Waals surface area contributed by atoms with Crippen LogP contribution in [0, 0.1) is 11.3 Å². The molecule has 132 valence electrons. The first-order valence-corrected chi connectivity index (χ1v) is 8.52. The average molecular weight is 348 g/mol. The van der Waals surface area contributed by atoms with Gasteiger partial charge < -0.3 is 14.6 Å². The molecule has 3 aromatic rings. The second-order valence-electron chi connectivity index (χ2n) is 5.97. The first-order valence-electron chi connectivity index (χ1n) is 8.52. The van der Waals surface area contributed by atoms with Crippen LogP contribution in [0.25, 0.3) is 11.0 Å². The van der Waals surface area contributed by atoms with Crippen molar-refractivity contribution >= 4 is 16.9 Å². The van der Waals surface area contributed by atoms with Crippen LogP contribution in [0.1, 0.15) is 18.9 Å². The van der Waals surface area contributed by atoms with E-state index in [1.165, 1.54) is 0 Å². The number of hydrogen-bond acceptors (Lipinski definition) is 4. The fourth-order valence-electron chi connectivity index (χ4n) is 2.66. The second-order valence-corrected chi connectivity index (χ2v) is 5.97. The van der Waals surface area contributed by atoms with Crippen LogP contribution in [0.4, 0.5) is 0 Å². The van der Waals surface area contributed by atoms with Gasteiger partial charge in [-0.2, -0.15) is 5.26 Å². The number of nitrogens with one attached hydrogen (secondary N) is 1. The van der Waals surface area contributed by atoms with Gasteiger partial charge in [-0.25, -0.2) is 4.98 Å². The Morgan fingerprint density at radius 3 is 2.81 bits per heavy atom. The van der Waals surface area contributed by atoms with Crippen LogP contribution in [-0.2, 0) is 11.3 Å². The van der Waals surface area contributed by atoms with E-state index < -0.39 is 6.10 Å². The Labute approximate surface area is 152 Å². The van der Waals surface area contributed by atoms with Gasteiger partial charge in [-0.15, -0.1) is 0 Å². The summed E-state index contributed by atoms with van der Waals surface area (Å²) in [6, 6.07) is 16.7. The van der Waals surface area contributed by atoms with Crippen LogP contribution in [0.3, 0.4) is 0 Å². The van der Waals surface area contributed by atoms with Crippen molar-refractivity contribution in [2.75, 3.05) is 6.54 Å². The molecule has 3 rings (SSSR count). The minimum Gasteiger partial charge on any atom is -0.481 e. The van der Waals surface area contributed by atoms with Crippen molar-refractivity contribution < 1.29 is 9.53 Å². The Morgan fingerprint density at radius 1 is 1.27 bits per heavy atom. The van der Waals surface area contributed by atoms with Gasteiger partial charge in [0, 0.05) is 13.1 Å². The van der Waals surface area contributed by atoms with Gasteiger partial charge in [0.05, 0.1) is 29.0 Å². The van der Waals surface area contributed by atoms with E-state index in [-0.39, 0.29) is 5.91 Å². The van der Waals surface area contributed by atoms with Gasteiger partial charge in [-0.05, 0) is 49.7 Å². The van der Waals surface area contributed by atoms with E-state index in [0.717, 1.165) is 24.0 Å². The SMILES string of the molecule is CC(Oc1ccc(C#N)cc1)C(=O)NCCCn1cnc2ccccc21. The van der Waals surface area contributed by atoms with Crippen molar-refractivity contribution in [3.63, 3.8) is 0 Å². The molecule has 26 heavy (non-hydrogen) atoms.